The van der Waals surface area contributed by atoms with Gasteiger partial charge >= 0.3 is 0 Å². The van der Waals surface area contributed by atoms with Crippen LogP contribution in [0, 0.1) is 0 Å². The monoisotopic (exact) mass is 689 g/mol. The van der Waals surface area contributed by atoms with Crippen LogP contribution in [0.5, 0.6) is 0 Å². The van der Waals surface area contributed by atoms with Gasteiger partial charge in [0.2, 0.25) is 0 Å². The Balaban J connectivity index is 1.18. The van der Waals surface area contributed by atoms with Gasteiger partial charge in [-0.1, -0.05) is 164 Å². The summed E-state index contributed by atoms with van der Waals surface area (Å²) in [4.78, 5) is 4.49. The van der Waals surface area contributed by atoms with E-state index in [0.717, 1.165) is 5.56 Å². The fourth-order valence-corrected chi connectivity index (χ4v) is 10.0. The van der Waals surface area contributed by atoms with Gasteiger partial charge in [-0.25, -0.2) is 0 Å². The molecule has 0 spiro atoms. The molecule has 53 heavy (non-hydrogen) atoms. The highest BCUT2D eigenvalue weighted by Crippen LogP contribution is 2.49. The number of rotatable bonds is 4. The minimum absolute atomic E-state index is 1.13. The molecule has 2 heterocycles. The number of thiophene rings is 1. The first kappa shape index (κ1) is 30.1. The first-order valence-electron chi connectivity index (χ1n) is 18.1. The summed E-state index contributed by atoms with van der Waals surface area (Å²) in [5.41, 5.74) is 10.0. The maximum absolute atomic E-state index is 4.49. The van der Waals surface area contributed by atoms with Crippen LogP contribution in [0.2, 0.25) is 0 Å². The molecule has 0 aliphatic rings. The smallest absolute Gasteiger partial charge is 0.0434 e. The van der Waals surface area contributed by atoms with Gasteiger partial charge in [-0.05, 0) is 88.6 Å². The van der Waals surface area contributed by atoms with Crippen LogP contribution >= 0.6 is 11.3 Å². The number of hydrogen-bond acceptors (Lipinski definition) is 2. The highest BCUT2D eigenvalue weighted by Gasteiger charge is 2.21. The zero-order valence-corrected chi connectivity index (χ0v) is 29.6. The number of fused-ring (bicyclic) bond motifs is 7. The van der Waals surface area contributed by atoms with Gasteiger partial charge in [-0.3, -0.25) is 4.98 Å². The summed E-state index contributed by atoms with van der Waals surface area (Å²) in [6.07, 6.45) is 3.83. The number of pyridine rings is 1. The van der Waals surface area contributed by atoms with Crippen molar-refractivity contribution in [2.45, 2.75) is 0 Å². The molecule has 2 heteroatoms. The molecule has 0 atom stereocenters. The number of nitrogens with zero attached hydrogens (tertiary/aromatic N) is 1. The van der Waals surface area contributed by atoms with Crippen LogP contribution in [-0.2, 0) is 0 Å². The Morgan fingerprint density at radius 2 is 0.792 bits per heavy atom. The van der Waals surface area contributed by atoms with Crippen molar-refractivity contribution in [3.63, 3.8) is 0 Å². The zero-order chi connectivity index (χ0) is 34.9. The van der Waals surface area contributed by atoms with Crippen LogP contribution in [0.15, 0.2) is 188 Å². The molecule has 11 aromatic rings. The second kappa shape index (κ2) is 12.0. The second-order valence-electron chi connectivity index (χ2n) is 13.8. The lowest BCUT2D eigenvalue weighted by atomic mass is 9.85. The number of benzene rings is 9. The van der Waals surface area contributed by atoms with Crippen molar-refractivity contribution in [2.24, 2.45) is 0 Å². The number of aromatic nitrogens is 1. The second-order valence-corrected chi connectivity index (χ2v) is 14.8. The Kier molecular flexibility index (Phi) is 6.80. The third kappa shape index (κ3) is 4.59. The highest BCUT2D eigenvalue weighted by molar-refractivity contribution is 7.26. The Labute approximate surface area is 311 Å². The molecule has 11 rings (SSSR count). The van der Waals surface area contributed by atoms with Gasteiger partial charge in [-0.15, -0.1) is 11.3 Å². The van der Waals surface area contributed by atoms with Gasteiger partial charge in [0.25, 0.3) is 0 Å². The largest absolute Gasteiger partial charge is 0.264 e. The molecular weight excluding hydrogens is 659 g/mol. The maximum atomic E-state index is 4.49. The molecule has 9 aromatic carbocycles. The van der Waals surface area contributed by atoms with Crippen LogP contribution in [0.25, 0.3) is 108 Å². The molecule has 1 nitrogen and oxygen atoms in total. The van der Waals surface area contributed by atoms with Gasteiger partial charge < -0.3 is 0 Å². The van der Waals surface area contributed by atoms with Gasteiger partial charge in [0, 0.05) is 43.7 Å². The Morgan fingerprint density at radius 3 is 1.34 bits per heavy atom. The fourth-order valence-electron chi connectivity index (χ4n) is 8.75. The van der Waals surface area contributed by atoms with E-state index >= 15 is 0 Å². The lowest BCUT2D eigenvalue weighted by Crippen LogP contribution is -1.91. The van der Waals surface area contributed by atoms with E-state index in [4.69, 9.17) is 0 Å². The minimum Gasteiger partial charge on any atom is -0.264 e. The normalized spacial score (nSPS) is 11.8. The Morgan fingerprint density at radius 1 is 0.321 bits per heavy atom. The maximum Gasteiger partial charge on any atom is 0.0434 e. The van der Waals surface area contributed by atoms with Crippen LogP contribution in [0.1, 0.15) is 0 Å². The van der Waals surface area contributed by atoms with Gasteiger partial charge in [0.05, 0.1) is 0 Å². The van der Waals surface area contributed by atoms with Crippen LogP contribution in [0.3, 0.4) is 0 Å². The summed E-state index contributed by atoms with van der Waals surface area (Å²) in [6.45, 7) is 0. The van der Waals surface area contributed by atoms with Crippen molar-refractivity contribution in [3.05, 3.63) is 188 Å². The van der Waals surface area contributed by atoms with Crippen LogP contribution in [0.4, 0.5) is 0 Å². The Bertz CT molecular complexity index is 3100. The molecule has 0 unspecified atom stereocenters. The summed E-state index contributed by atoms with van der Waals surface area (Å²) >= 11 is 1.91. The van der Waals surface area contributed by atoms with E-state index in [2.05, 4.69) is 175 Å². The first-order valence-corrected chi connectivity index (χ1v) is 18.9. The lowest BCUT2D eigenvalue weighted by molar-refractivity contribution is 1.33. The molecule has 0 radical (unpaired) electrons. The van der Waals surface area contributed by atoms with Crippen molar-refractivity contribution < 1.29 is 0 Å². The predicted octanol–water partition coefficient (Wildman–Crippen LogP) is 14.7. The highest BCUT2D eigenvalue weighted by atomic mass is 32.1. The van der Waals surface area contributed by atoms with E-state index in [0.29, 0.717) is 0 Å². The molecule has 0 amide bonds. The van der Waals surface area contributed by atoms with E-state index in [-0.39, 0.29) is 0 Å². The zero-order valence-electron chi connectivity index (χ0n) is 28.8. The molecule has 0 aliphatic carbocycles. The summed E-state index contributed by atoms with van der Waals surface area (Å²) < 4.78 is 2.62. The standard InChI is InChI=1S/C51H31NS/c1-2-14-32(15-3-1)47-40-21-8-10-23-42(40)50(43-24-11-9-22-41(43)47)45-26-12-25-44-35-28-27-33(30-46(35)53-51(44)45)48-36-17-4-6-19-38(36)49(34-16-13-29-52-31-34)39-20-7-5-18-37(39)48/h1-31H. The van der Waals surface area contributed by atoms with E-state index in [1.165, 1.54) is 102 Å². The molecule has 246 valence electrons. The van der Waals surface area contributed by atoms with Crippen molar-refractivity contribution >= 4 is 74.6 Å². The lowest BCUT2D eigenvalue weighted by Gasteiger charge is -2.18. The quantitative estimate of drug-likeness (QED) is 0.168. The fraction of sp³-hybridized carbons (Fsp3) is 0. The number of hydrogen-bond donors (Lipinski definition) is 0. The third-order valence-electron chi connectivity index (χ3n) is 10.9. The minimum atomic E-state index is 1.13. The summed E-state index contributed by atoms with van der Waals surface area (Å²) in [6, 6.07) is 64.6. The molecule has 0 fully saturated rings. The van der Waals surface area contributed by atoms with E-state index < -0.39 is 0 Å². The van der Waals surface area contributed by atoms with Crippen molar-refractivity contribution in [2.75, 3.05) is 0 Å². The van der Waals surface area contributed by atoms with Crippen molar-refractivity contribution in [1.29, 1.82) is 0 Å². The summed E-state index contributed by atoms with van der Waals surface area (Å²) in [5.74, 6) is 0. The van der Waals surface area contributed by atoms with Crippen molar-refractivity contribution in [3.8, 4) is 44.5 Å². The molecule has 0 saturated carbocycles. The SMILES string of the molecule is c1ccc(-c2c3ccccc3c(-c3cccc4c3sc3cc(-c5c6ccccc6c(-c6cccnc6)c6ccccc56)ccc34)c3ccccc23)cc1. The topological polar surface area (TPSA) is 12.9 Å². The van der Waals surface area contributed by atoms with Crippen molar-refractivity contribution in [1.82, 2.24) is 4.98 Å². The molecule has 2 aromatic heterocycles. The first-order chi connectivity index (χ1) is 26.3. The average Bonchev–Trinajstić information content (AvgIpc) is 3.61. The Hall–Kier alpha value is -6.61. The average molecular weight is 690 g/mol. The summed E-state index contributed by atoms with van der Waals surface area (Å²) in [5, 5.41) is 12.7. The van der Waals surface area contributed by atoms with Gasteiger partial charge in [0.1, 0.15) is 0 Å². The molecular formula is C51H31NS. The van der Waals surface area contributed by atoms with Gasteiger partial charge in [-0.2, -0.15) is 0 Å². The third-order valence-corrected chi connectivity index (χ3v) is 12.1. The van der Waals surface area contributed by atoms with Gasteiger partial charge in [0.15, 0.2) is 0 Å². The molecule has 0 bridgehead atoms. The van der Waals surface area contributed by atoms with E-state index in [1.54, 1.807) is 0 Å². The molecule has 0 aliphatic heterocycles. The summed E-state index contributed by atoms with van der Waals surface area (Å²) in [7, 11) is 0. The van der Waals surface area contributed by atoms with Crippen LogP contribution in [-0.4, -0.2) is 4.98 Å². The predicted molar refractivity (Wildman–Crippen MR) is 229 cm³/mol. The van der Waals surface area contributed by atoms with E-state index in [1.807, 2.05) is 29.8 Å². The van der Waals surface area contributed by atoms with E-state index in [9.17, 15) is 0 Å². The molecule has 0 saturated heterocycles. The molecule has 0 N–H and O–H groups in total. The van der Waals surface area contributed by atoms with Crippen LogP contribution < -0.4 is 0 Å².